The maximum Gasteiger partial charge on any atom is 0.355 e. The minimum absolute atomic E-state index is 0.111. The molecule has 5 nitrogen and oxygen atoms in total. The second kappa shape index (κ2) is 7.28. The van der Waals surface area contributed by atoms with Crippen LogP contribution in [0.2, 0.25) is 0 Å². The Balaban J connectivity index is 1.69. The Kier molecular flexibility index (Phi) is 5.07. The van der Waals surface area contributed by atoms with E-state index in [2.05, 4.69) is 4.98 Å². The Bertz CT molecular complexity index is 892. The molecule has 2 aromatic rings. The van der Waals surface area contributed by atoms with Crippen molar-refractivity contribution in [3.63, 3.8) is 0 Å². The molecule has 5 heteroatoms. The number of hydrogen-bond acceptors (Lipinski definition) is 4. The van der Waals surface area contributed by atoms with Gasteiger partial charge in [-0.1, -0.05) is 12.1 Å². The van der Waals surface area contributed by atoms with Crippen molar-refractivity contribution < 1.29 is 19.1 Å². The zero-order valence-electron chi connectivity index (χ0n) is 15.4. The summed E-state index contributed by atoms with van der Waals surface area (Å²) < 4.78 is 5.19. The average molecular weight is 353 g/mol. The smallest absolute Gasteiger partial charge is 0.355 e. The molecular formula is C21H23NO4. The summed E-state index contributed by atoms with van der Waals surface area (Å²) >= 11 is 0. The molecule has 0 unspecified atom stereocenters. The molecule has 0 bridgehead atoms. The van der Waals surface area contributed by atoms with Crippen molar-refractivity contribution in [3.05, 3.63) is 57.4 Å². The maximum absolute atomic E-state index is 12.4. The fourth-order valence-electron chi connectivity index (χ4n) is 3.68. The second-order valence-corrected chi connectivity index (χ2v) is 6.87. The molecule has 26 heavy (non-hydrogen) atoms. The number of nitrogens with one attached hydrogen (secondary N) is 1. The van der Waals surface area contributed by atoms with Crippen LogP contribution in [-0.2, 0) is 17.6 Å². The Morgan fingerprint density at radius 3 is 2.42 bits per heavy atom. The van der Waals surface area contributed by atoms with Gasteiger partial charge in [0.15, 0.2) is 18.2 Å². The normalized spacial score (nSPS) is 13.2. The summed E-state index contributed by atoms with van der Waals surface area (Å²) in [5.41, 5.74) is 5.00. The first-order valence-corrected chi connectivity index (χ1v) is 8.90. The molecule has 0 saturated heterocycles. The molecule has 1 aromatic carbocycles. The van der Waals surface area contributed by atoms with Crippen LogP contribution in [0.3, 0.4) is 0 Å². The summed E-state index contributed by atoms with van der Waals surface area (Å²) in [6.07, 6.45) is 4.38. The van der Waals surface area contributed by atoms with Gasteiger partial charge in [-0.2, -0.15) is 0 Å². The van der Waals surface area contributed by atoms with Gasteiger partial charge in [0.1, 0.15) is 5.69 Å². The zero-order valence-corrected chi connectivity index (χ0v) is 15.4. The summed E-state index contributed by atoms with van der Waals surface area (Å²) in [6, 6.07) is 5.72. The third-order valence-corrected chi connectivity index (χ3v) is 5.00. The highest BCUT2D eigenvalue weighted by atomic mass is 16.5. The lowest BCUT2D eigenvalue weighted by atomic mass is 9.90. The van der Waals surface area contributed by atoms with Crippen molar-refractivity contribution in [1.29, 1.82) is 0 Å². The van der Waals surface area contributed by atoms with E-state index in [4.69, 9.17) is 4.74 Å². The first-order chi connectivity index (χ1) is 12.4. The number of hydrogen-bond donors (Lipinski definition) is 1. The highest BCUT2D eigenvalue weighted by Gasteiger charge is 2.22. The van der Waals surface area contributed by atoms with Crippen LogP contribution in [0.5, 0.6) is 0 Å². The van der Waals surface area contributed by atoms with Gasteiger partial charge in [0.05, 0.1) is 0 Å². The highest BCUT2D eigenvalue weighted by Crippen LogP contribution is 2.23. The van der Waals surface area contributed by atoms with Gasteiger partial charge < -0.3 is 9.72 Å². The zero-order chi connectivity index (χ0) is 18.8. The van der Waals surface area contributed by atoms with E-state index in [1.165, 1.54) is 24.5 Å². The average Bonchev–Trinajstić information content (AvgIpc) is 2.93. The standard InChI is InChI=1S/C21H23NO4/c1-12-19(14(3)23)13(2)22-20(12)21(25)26-11-18(24)17-9-8-15-6-4-5-7-16(15)10-17/h8-10,22H,4-7,11H2,1-3H3. The molecule has 1 N–H and O–H groups in total. The van der Waals surface area contributed by atoms with E-state index in [0.717, 1.165) is 19.3 Å². The lowest BCUT2D eigenvalue weighted by Gasteiger charge is -2.16. The number of Topliss-reactive ketones (excluding diaryl/α,β-unsaturated/α-hetero) is 2. The Morgan fingerprint density at radius 2 is 1.77 bits per heavy atom. The molecule has 1 heterocycles. The molecule has 0 fully saturated rings. The first kappa shape index (κ1) is 18.1. The number of esters is 1. The maximum atomic E-state index is 12.4. The van der Waals surface area contributed by atoms with Crippen LogP contribution in [0.1, 0.15) is 73.4 Å². The molecule has 1 aliphatic rings. The number of H-pyrrole nitrogens is 1. The molecule has 136 valence electrons. The molecule has 1 aromatic heterocycles. The van der Waals surface area contributed by atoms with Crippen molar-refractivity contribution >= 4 is 17.5 Å². The molecule has 0 atom stereocenters. The number of fused-ring (bicyclic) bond motifs is 1. The molecule has 1 aliphatic carbocycles. The topological polar surface area (TPSA) is 76.2 Å². The van der Waals surface area contributed by atoms with E-state index >= 15 is 0 Å². The lowest BCUT2D eigenvalue weighted by Crippen LogP contribution is -2.16. The predicted molar refractivity (Wildman–Crippen MR) is 98.0 cm³/mol. The van der Waals surface area contributed by atoms with Gasteiger partial charge >= 0.3 is 5.97 Å². The summed E-state index contributed by atoms with van der Waals surface area (Å²) in [5, 5.41) is 0. The van der Waals surface area contributed by atoms with Crippen molar-refractivity contribution in [3.8, 4) is 0 Å². The number of ketones is 2. The number of benzene rings is 1. The van der Waals surface area contributed by atoms with Crippen molar-refractivity contribution in [2.24, 2.45) is 0 Å². The Labute approximate surface area is 152 Å². The Morgan fingerprint density at radius 1 is 1.08 bits per heavy atom. The van der Waals surface area contributed by atoms with Gasteiger partial charge in [-0.05, 0) is 69.2 Å². The molecule has 0 saturated carbocycles. The van der Waals surface area contributed by atoms with Gasteiger partial charge in [-0.3, -0.25) is 9.59 Å². The number of aromatic amines is 1. The highest BCUT2D eigenvalue weighted by molar-refractivity contribution is 6.02. The number of aryl methyl sites for hydroxylation is 3. The van der Waals surface area contributed by atoms with Crippen molar-refractivity contribution in [2.75, 3.05) is 6.61 Å². The summed E-state index contributed by atoms with van der Waals surface area (Å²) in [6.45, 7) is 4.57. The van der Waals surface area contributed by atoms with E-state index in [-0.39, 0.29) is 23.9 Å². The van der Waals surface area contributed by atoms with E-state index in [1.807, 2.05) is 12.1 Å². The number of carbonyl (C=O) groups is 3. The summed E-state index contributed by atoms with van der Waals surface area (Å²) in [4.78, 5) is 39.3. The molecule has 0 radical (unpaired) electrons. The first-order valence-electron chi connectivity index (χ1n) is 8.90. The largest absolute Gasteiger partial charge is 0.453 e. The van der Waals surface area contributed by atoms with E-state index in [1.54, 1.807) is 19.9 Å². The van der Waals surface area contributed by atoms with Crippen LogP contribution in [-0.4, -0.2) is 29.1 Å². The second-order valence-electron chi connectivity index (χ2n) is 6.87. The molecule has 0 spiro atoms. The monoisotopic (exact) mass is 353 g/mol. The summed E-state index contributed by atoms with van der Waals surface area (Å²) in [5.74, 6) is -0.954. The van der Waals surface area contributed by atoms with Gasteiger partial charge in [0.25, 0.3) is 0 Å². The van der Waals surface area contributed by atoms with E-state index in [0.29, 0.717) is 22.4 Å². The molecule has 0 aliphatic heterocycles. The van der Waals surface area contributed by atoms with Gasteiger partial charge in [0, 0.05) is 16.8 Å². The minimum atomic E-state index is -0.621. The van der Waals surface area contributed by atoms with Crippen LogP contribution in [0, 0.1) is 13.8 Å². The molecule has 0 amide bonds. The van der Waals surface area contributed by atoms with Crippen molar-refractivity contribution in [2.45, 2.75) is 46.5 Å². The van der Waals surface area contributed by atoms with Crippen LogP contribution in [0.4, 0.5) is 0 Å². The third kappa shape index (κ3) is 3.47. The third-order valence-electron chi connectivity index (χ3n) is 5.00. The van der Waals surface area contributed by atoms with Crippen molar-refractivity contribution in [1.82, 2.24) is 4.98 Å². The number of ether oxygens (including phenoxy) is 1. The fraction of sp³-hybridized carbons (Fsp3) is 0.381. The van der Waals surface area contributed by atoms with Gasteiger partial charge in [0.2, 0.25) is 0 Å². The van der Waals surface area contributed by atoms with Crippen LogP contribution in [0.15, 0.2) is 18.2 Å². The quantitative estimate of drug-likeness (QED) is 0.656. The number of aromatic nitrogens is 1. The van der Waals surface area contributed by atoms with Gasteiger partial charge in [-0.15, -0.1) is 0 Å². The number of carbonyl (C=O) groups excluding carboxylic acids is 3. The predicted octanol–water partition coefficient (Wildman–Crippen LogP) is 3.75. The van der Waals surface area contributed by atoms with Crippen LogP contribution in [0.25, 0.3) is 0 Å². The Hall–Kier alpha value is -2.69. The van der Waals surface area contributed by atoms with E-state index in [9.17, 15) is 14.4 Å². The SMILES string of the molecule is CC(=O)c1c(C)[nH]c(C(=O)OCC(=O)c2ccc3c(c2)CCCC3)c1C. The van der Waals surface area contributed by atoms with Crippen LogP contribution < -0.4 is 0 Å². The fourth-order valence-corrected chi connectivity index (χ4v) is 3.68. The minimum Gasteiger partial charge on any atom is -0.453 e. The van der Waals surface area contributed by atoms with E-state index < -0.39 is 5.97 Å². The molecular weight excluding hydrogens is 330 g/mol. The van der Waals surface area contributed by atoms with Crippen LogP contribution >= 0.6 is 0 Å². The lowest BCUT2D eigenvalue weighted by molar-refractivity contribution is 0.0468. The van der Waals surface area contributed by atoms with Gasteiger partial charge in [-0.25, -0.2) is 4.79 Å². The summed E-state index contributed by atoms with van der Waals surface area (Å²) in [7, 11) is 0. The number of rotatable bonds is 5. The molecule has 3 rings (SSSR count).